The van der Waals surface area contributed by atoms with Gasteiger partial charge in [0.15, 0.2) is 0 Å². The number of aromatic nitrogens is 1. The van der Waals surface area contributed by atoms with E-state index in [0.717, 1.165) is 38.4 Å². The molecule has 0 saturated heterocycles. The van der Waals surface area contributed by atoms with Gasteiger partial charge < -0.3 is 14.6 Å². The molecule has 14 heavy (non-hydrogen) atoms. The van der Waals surface area contributed by atoms with E-state index in [9.17, 15) is 0 Å². The molecule has 0 amide bonds. The minimum absolute atomic E-state index is 0.744. The van der Waals surface area contributed by atoms with Gasteiger partial charge in [0.2, 0.25) is 0 Å². The summed E-state index contributed by atoms with van der Waals surface area (Å²) in [5.41, 5.74) is 0.929. The molecule has 1 heterocycles. The van der Waals surface area contributed by atoms with Crippen LogP contribution < -0.4 is 5.32 Å². The Morgan fingerprint density at radius 2 is 2.43 bits per heavy atom. The molecule has 0 fully saturated rings. The zero-order valence-corrected chi connectivity index (χ0v) is 8.66. The average molecular weight is 198 g/mol. The third-order valence-electron chi connectivity index (χ3n) is 1.86. The largest absolute Gasteiger partial charge is 0.380 e. The van der Waals surface area contributed by atoms with Crippen molar-refractivity contribution in [2.45, 2.75) is 26.3 Å². The molecular weight excluding hydrogens is 180 g/mol. The second-order valence-corrected chi connectivity index (χ2v) is 3.13. The number of rotatable bonds is 8. The van der Waals surface area contributed by atoms with Gasteiger partial charge in [-0.25, -0.2) is 0 Å². The molecule has 0 aromatic carbocycles. The van der Waals surface area contributed by atoms with Crippen LogP contribution in [0.25, 0.3) is 0 Å². The van der Waals surface area contributed by atoms with Crippen molar-refractivity contribution < 1.29 is 9.26 Å². The van der Waals surface area contributed by atoms with Crippen molar-refractivity contribution in [2.75, 3.05) is 19.8 Å². The van der Waals surface area contributed by atoms with Crippen LogP contribution in [-0.2, 0) is 11.3 Å². The van der Waals surface area contributed by atoms with Crippen molar-refractivity contribution in [1.29, 1.82) is 0 Å². The van der Waals surface area contributed by atoms with E-state index in [4.69, 9.17) is 9.26 Å². The summed E-state index contributed by atoms with van der Waals surface area (Å²) in [5.74, 6) is 0. The molecule has 1 rings (SSSR count). The maximum atomic E-state index is 5.39. The molecule has 0 radical (unpaired) electrons. The van der Waals surface area contributed by atoms with Crippen LogP contribution in [0.2, 0.25) is 0 Å². The highest BCUT2D eigenvalue weighted by atomic mass is 16.5. The molecule has 0 aliphatic carbocycles. The van der Waals surface area contributed by atoms with Gasteiger partial charge in [-0.15, -0.1) is 0 Å². The van der Waals surface area contributed by atoms with Crippen LogP contribution in [0, 0.1) is 0 Å². The SMILES string of the molecule is CCCCOCCNCc1ccon1. The monoisotopic (exact) mass is 198 g/mol. The van der Waals surface area contributed by atoms with Crippen LogP contribution in [0.15, 0.2) is 16.9 Å². The van der Waals surface area contributed by atoms with E-state index in [2.05, 4.69) is 17.4 Å². The number of nitrogens with one attached hydrogen (secondary N) is 1. The Morgan fingerprint density at radius 3 is 3.14 bits per heavy atom. The number of unbranched alkanes of at least 4 members (excludes halogenated alkanes) is 1. The number of hydrogen-bond donors (Lipinski definition) is 1. The highest BCUT2D eigenvalue weighted by Crippen LogP contribution is 1.92. The standard InChI is InChI=1S/C10H18N2O2/c1-2-3-6-13-8-5-11-9-10-4-7-14-12-10/h4,7,11H,2-3,5-6,8-9H2,1H3. The molecule has 4 heteroatoms. The van der Waals surface area contributed by atoms with E-state index in [0.29, 0.717) is 0 Å². The first kappa shape index (κ1) is 11.2. The van der Waals surface area contributed by atoms with Gasteiger partial charge in [-0.3, -0.25) is 0 Å². The number of ether oxygens (including phenoxy) is 1. The maximum Gasteiger partial charge on any atom is 0.124 e. The third-order valence-corrected chi connectivity index (χ3v) is 1.86. The van der Waals surface area contributed by atoms with Crippen molar-refractivity contribution >= 4 is 0 Å². The quantitative estimate of drug-likeness (QED) is 0.644. The molecule has 0 aliphatic rings. The smallest absolute Gasteiger partial charge is 0.124 e. The van der Waals surface area contributed by atoms with Crippen LogP contribution in [0.5, 0.6) is 0 Å². The van der Waals surface area contributed by atoms with Crippen LogP contribution >= 0.6 is 0 Å². The lowest BCUT2D eigenvalue weighted by Gasteiger charge is -2.03. The molecule has 0 spiro atoms. The van der Waals surface area contributed by atoms with Crippen LogP contribution in [0.4, 0.5) is 0 Å². The minimum atomic E-state index is 0.744. The van der Waals surface area contributed by atoms with Gasteiger partial charge in [-0.1, -0.05) is 18.5 Å². The topological polar surface area (TPSA) is 47.3 Å². The van der Waals surface area contributed by atoms with Crippen LogP contribution in [0.3, 0.4) is 0 Å². The van der Waals surface area contributed by atoms with Crippen molar-refractivity contribution in [2.24, 2.45) is 0 Å². The predicted molar refractivity (Wildman–Crippen MR) is 53.9 cm³/mol. The summed E-state index contributed by atoms with van der Waals surface area (Å²) >= 11 is 0. The summed E-state index contributed by atoms with van der Waals surface area (Å²) in [4.78, 5) is 0. The van der Waals surface area contributed by atoms with E-state index in [-0.39, 0.29) is 0 Å². The van der Waals surface area contributed by atoms with Crippen LogP contribution in [-0.4, -0.2) is 24.9 Å². The molecule has 1 aromatic heterocycles. The summed E-state index contributed by atoms with van der Waals surface area (Å²) < 4.78 is 10.1. The highest BCUT2D eigenvalue weighted by Gasteiger charge is 1.94. The van der Waals surface area contributed by atoms with Gasteiger partial charge in [0.1, 0.15) is 6.26 Å². The van der Waals surface area contributed by atoms with Crippen molar-refractivity contribution in [3.05, 3.63) is 18.0 Å². The fourth-order valence-electron chi connectivity index (χ4n) is 1.04. The first-order valence-electron chi connectivity index (χ1n) is 5.11. The molecule has 0 atom stereocenters. The predicted octanol–water partition coefficient (Wildman–Crippen LogP) is 1.58. The second kappa shape index (κ2) is 7.53. The molecule has 0 saturated carbocycles. The van der Waals surface area contributed by atoms with Gasteiger partial charge >= 0.3 is 0 Å². The van der Waals surface area contributed by atoms with E-state index < -0.39 is 0 Å². The minimum Gasteiger partial charge on any atom is -0.380 e. The molecule has 0 bridgehead atoms. The fourth-order valence-corrected chi connectivity index (χ4v) is 1.04. The van der Waals surface area contributed by atoms with Gasteiger partial charge in [0.05, 0.1) is 12.3 Å². The van der Waals surface area contributed by atoms with Gasteiger partial charge in [-0.2, -0.15) is 0 Å². The Labute approximate surface area is 84.6 Å². The lowest BCUT2D eigenvalue weighted by Crippen LogP contribution is -2.19. The Balaban J connectivity index is 1.85. The Kier molecular flexibility index (Phi) is 6.02. The lowest BCUT2D eigenvalue weighted by atomic mass is 10.4. The maximum absolute atomic E-state index is 5.39. The summed E-state index contributed by atoms with van der Waals surface area (Å²) in [5, 5.41) is 7.00. The third kappa shape index (κ3) is 4.99. The zero-order valence-electron chi connectivity index (χ0n) is 8.66. The highest BCUT2D eigenvalue weighted by molar-refractivity contribution is 4.93. The van der Waals surface area contributed by atoms with Gasteiger partial charge in [0, 0.05) is 25.8 Å². The van der Waals surface area contributed by atoms with E-state index in [1.807, 2.05) is 6.07 Å². The Hall–Kier alpha value is -0.870. The summed E-state index contributed by atoms with van der Waals surface area (Å²) in [6.07, 6.45) is 3.91. The molecule has 80 valence electrons. The van der Waals surface area contributed by atoms with Crippen molar-refractivity contribution in [3.63, 3.8) is 0 Å². The first-order chi connectivity index (χ1) is 6.93. The molecule has 0 aliphatic heterocycles. The van der Waals surface area contributed by atoms with Crippen molar-refractivity contribution in [1.82, 2.24) is 10.5 Å². The van der Waals surface area contributed by atoms with Gasteiger partial charge in [0.25, 0.3) is 0 Å². The van der Waals surface area contributed by atoms with Gasteiger partial charge in [-0.05, 0) is 6.42 Å². The molecular formula is C10H18N2O2. The molecule has 1 N–H and O–H groups in total. The molecule has 1 aromatic rings. The first-order valence-corrected chi connectivity index (χ1v) is 5.11. The number of nitrogens with zero attached hydrogens (tertiary/aromatic N) is 1. The van der Waals surface area contributed by atoms with Crippen molar-refractivity contribution in [3.8, 4) is 0 Å². The Bertz CT molecular complexity index is 212. The van der Waals surface area contributed by atoms with E-state index in [1.54, 1.807) is 6.26 Å². The normalized spacial score (nSPS) is 10.6. The molecule has 0 unspecified atom stereocenters. The van der Waals surface area contributed by atoms with Crippen LogP contribution in [0.1, 0.15) is 25.5 Å². The zero-order chi connectivity index (χ0) is 10.1. The second-order valence-electron chi connectivity index (χ2n) is 3.13. The summed E-state index contributed by atoms with van der Waals surface area (Å²) in [7, 11) is 0. The summed E-state index contributed by atoms with van der Waals surface area (Å²) in [6.45, 7) is 5.39. The average Bonchev–Trinajstić information content (AvgIpc) is 2.69. The van der Waals surface area contributed by atoms with E-state index >= 15 is 0 Å². The number of hydrogen-bond acceptors (Lipinski definition) is 4. The summed E-state index contributed by atoms with van der Waals surface area (Å²) in [6, 6.07) is 1.85. The lowest BCUT2D eigenvalue weighted by molar-refractivity contribution is 0.132. The van der Waals surface area contributed by atoms with E-state index in [1.165, 1.54) is 6.42 Å². The Morgan fingerprint density at radius 1 is 1.50 bits per heavy atom. The molecule has 4 nitrogen and oxygen atoms in total. The fraction of sp³-hybridized carbons (Fsp3) is 0.700.